The third-order valence-electron chi connectivity index (χ3n) is 2.89. The van der Waals surface area contributed by atoms with E-state index in [1.807, 2.05) is 23.6 Å². The largest absolute Gasteiger partial charge is 0.370 e. The highest BCUT2D eigenvalue weighted by molar-refractivity contribution is 7.13. The number of aromatic nitrogens is 1. The van der Waals surface area contributed by atoms with Gasteiger partial charge in [0.05, 0.1) is 12.1 Å². The zero-order valence-corrected chi connectivity index (χ0v) is 13.4. The van der Waals surface area contributed by atoms with Crippen LogP contribution in [0.2, 0.25) is 5.02 Å². The number of hydrogen-bond acceptors (Lipinski definition) is 4. The number of amides is 2. The Balaban J connectivity index is 1.86. The molecule has 0 radical (unpaired) electrons. The van der Waals surface area contributed by atoms with E-state index in [2.05, 4.69) is 10.3 Å². The quantitative estimate of drug-likeness (QED) is 0.761. The summed E-state index contributed by atoms with van der Waals surface area (Å²) in [6.07, 6.45) is 1.04. The maximum Gasteiger partial charge on any atom is 0.226 e. The first-order valence-electron chi connectivity index (χ1n) is 6.80. The number of carbonyl (C=O) groups excluding carboxylic acids is 2. The molecule has 0 aliphatic carbocycles. The molecule has 0 bridgehead atoms. The number of nitrogens with two attached hydrogens (primary N) is 1. The average molecular weight is 338 g/mol. The van der Waals surface area contributed by atoms with Crippen LogP contribution >= 0.6 is 22.9 Å². The standard InChI is InChI=1S/C15H16ClN3O2S/c16-11-4-1-3-10(7-11)15-19-12(9-22-15)8-14(21)18-6-2-5-13(17)20/h1,3-4,7,9H,2,5-6,8H2,(H2,17,20)(H,18,21). The van der Waals surface area contributed by atoms with E-state index in [9.17, 15) is 9.59 Å². The lowest BCUT2D eigenvalue weighted by atomic mass is 10.2. The van der Waals surface area contributed by atoms with Crippen molar-refractivity contribution >= 4 is 34.8 Å². The second-order valence-corrected chi connectivity index (χ2v) is 6.05. The van der Waals surface area contributed by atoms with E-state index in [0.29, 0.717) is 23.7 Å². The number of nitrogens with one attached hydrogen (secondary N) is 1. The molecule has 1 heterocycles. The Kier molecular flexibility index (Phi) is 5.91. The predicted octanol–water partition coefficient (Wildman–Crippen LogP) is 2.39. The molecular formula is C15H16ClN3O2S. The highest BCUT2D eigenvalue weighted by Gasteiger charge is 2.09. The number of rotatable bonds is 7. The summed E-state index contributed by atoms with van der Waals surface area (Å²) in [6.45, 7) is 0.438. The Morgan fingerprint density at radius 1 is 1.36 bits per heavy atom. The fraction of sp³-hybridized carbons (Fsp3) is 0.267. The summed E-state index contributed by atoms with van der Waals surface area (Å²) in [4.78, 5) is 26.8. The first-order chi connectivity index (χ1) is 10.5. The molecule has 3 N–H and O–H groups in total. The Morgan fingerprint density at radius 3 is 2.91 bits per heavy atom. The van der Waals surface area contributed by atoms with Crippen molar-refractivity contribution in [3.05, 3.63) is 40.4 Å². The third kappa shape index (κ3) is 5.13. The zero-order valence-electron chi connectivity index (χ0n) is 11.8. The van der Waals surface area contributed by atoms with E-state index in [-0.39, 0.29) is 24.7 Å². The number of nitrogens with zero attached hydrogens (tertiary/aromatic N) is 1. The smallest absolute Gasteiger partial charge is 0.226 e. The second kappa shape index (κ2) is 7.91. The molecule has 0 aliphatic rings. The number of thiazole rings is 1. The highest BCUT2D eigenvalue weighted by atomic mass is 35.5. The summed E-state index contributed by atoms with van der Waals surface area (Å²) in [5, 5.41) is 6.09. The Labute approximate surface area is 137 Å². The summed E-state index contributed by atoms with van der Waals surface area (Å²) in [5.41, 5.74) is 6.68. The van der Waals surface area contributed by atoms with Gasteiger partial charge in [-0.15, -0.1) is 11.3 Å². The SMILES string of the molecule is NC(=O)CCCNC(=O)Cc1csc(-c2cccc(Cl)c2)n1. The molecule has 0 atom stereocenters. The lowest BCUT2D eigenvalue weighted by molar-refractivity contribution is -0.121. The van der Waals surface area contributed by atoms with Crippen molar-refractivity contribution in [3.63, 3.8) is 0 Å². The molecular weight excluding hydrogens is 322 g/mol. The van der Waals surface area contributed by atoms with Crippen LogP contribution in [-0.4, -0.2) is 23.3 Å². The van der Waals surface area contributed by atoms with Crippen LogP contribution in [0.3, 0.4) is 0 Å². The monoisotopic (exact) mass is 337 g/mol. The summed E-state index contributed by atoms with van der Waals surface area (Å²) in [7, 11) is 0. The molecule has 2 aromatic rings. The van der Waals surface area contributed by atoms with Gasteiger partial charge in [0, 0.05) is 28.9 Å². The molecule has 1 aromatic carbocycles. The van der Waals surface area contributed by atoms with E-state index in [1.54, 1.807) is 6.07 Å². The van der Waals surface area contributed by atoms with Gasteiger partial charge < -0.3 is 11.1 Å². The molecule has 0 saturated heterocycles. The van der Waals surface area contributed by atoms with Crippen molar-refractivity contribution in [2.45, 2.75) is 19.3 Å². The van der Waals surface area contributed by atoms with Crippen LogP contribution in [0, 0.1) is 0 Å². The van der Waals surface area contributed by atoms with Gasteiger partial charge in [-0.3, -0.25) is 9.59 Å². The van der Waals surface area contributed by atoms with Crippen molar-refractivity contribution < 1.29 is 9.59 Å². The second-order valence-electron chi connectivity index (χ2n) is 4.75. The number of primary amides is 1. The fourth-order valence-corrected chi connectivity index (χ4v) is 2.87. The van der Waals surface area contributed by atoms with Gasteiger partial charge in [-0.25, -0.2) is 4.98 Å². The van der Waals surface area contributed by atoms with Crippen LogP contribution in [0.4, 0.5) is 0 Å². The van der Waals surface area contributed by atoms with Gasteiger partial charge in [-0.2, -0.15) is 0 Å². The Hall–Kier alpha value is -1.92. The van der Waals surface area contributed by atoms with Gasteiger partial charge >= 0.3 is 0 Å². The molecule has 0 saturated carbocycles. The van der Waals surface area contributed by atoms with Crippen molar-refractivity contribution in [3.8, 4) is 10.6 Å². The maximum atomic E-state index is 11.8. The van der Waals surface area contributed by atoms with E-state index < -0.39 is 0 Å². The summed E-state index contributed by atoms with van der Waals surface area (Å²) in [6, 6.07) is 7.44. The molecule has 0 spiro atoms. The molecule has 2 amide bonds. The summed E-state index contributed by atoms with van der Waals surface area (Å²) >= 11 is 7.43. The molecule has 1 aromatic heterocycles. The first kappa shape index (κ1) is 16.5. The molecule has 116 valence electrons. The third-order valence-corrected chi connectivity index (χ3v) is 4.06. The van der Waals surface area contributed by atoms with Crippen molar-refractivity contribution in [2.24, 2.45) is 5.73 Å². The molecule has 0 aliphatic heterocycles. The minimum absolute atomic E-state index is 0.118. The predicted molar refractivity (Wildman–Crippen MR) is 87.7 cm³/mol. The molecule has 2 rings (SSSR count). The number of carbonyl (C=O) groups is 2. The molecule has 22 heavy (non-hydrogen) atoms. The van der Waals surface area contributed by atoms with E-state index in [0.717, 1.165) is 10.6 Å². The molecule has 0 unspecified atom stereocenters. The maximum absolute atomic E-state index is 11.8. The van der Waals surface area contributed by atoms with Gasteiger partial charge in [0.25, 0.3) is 0 Å². The molecule has 5 nitrogen and oxygen atoms in total. The van der Waals surface area contributed by atoms with Gasteiger partial charge in [-0.05, 0) is 18.6 Å². The van der Waals surface area contributed by atoms with E-state index in [4.69, 9.17) is 17.3 Å². The van der Waals surface area contributed by atoms with Gasteiger partial charge in [-0.1, -0.05) is 23.7 Å². The first-order valence-corrected chi connectivity index (χ1v) is 8.05. The van der Waals surface area contributed by atoms with Crippen LogP contribution in [0.1, 0.15) is 18.5 Å². The minimum atomic E-state index is -0.361. The van der Waals surface area contributed by atoms with Crippen LogP contribution in [-0.2, 0) is 16.0 Å². The Morgan fingerprint density at radius 2 is 2.18 bits per heavy atom. The number of hydrogen-bond donors (Lipinski definition) is 2. The number of benzene rings is 1. The zero-order chi connectivity index (χ0) is 15.9. The van der Waals surface area contributed by atoms with E-state index in [1.165, 1.54) is 11.3 Å². The normalized spacial score (nSPS) is 10.4. The average Bonchev–Trinajstić information content (AvgIpc) is 2.92. The topological polar surface area (TPSA) is 85.1 Å². The minimum Gasteiger partial charge on any atom is -0.370 e. The lowest BCUT2D eigenvalue weighted by Gasteiger charge is -2.02. The lowest BCUT2D eigenvalue weighted by Crippen LogP contribution is -2.27. The van der Waals surface area contributed by atoms with Crippen molar-refractivity contribution in [1.82, 2.24) is 10.3 Å². The fourth-order valence-electron chi connectivity index (χ4n) is 1.86. The van der Waals surface area contributed by atoms with Crippen LogP contribution < -0.4 is 11.1 Å². The van der Waals surface area contributed by atoms with E-state index >= 15 is 0 Å². The van der Waals surface area contributed by atoms with Gasteiger partial charge in [0.2, 0.25) is 11.8 Å². The summed E-state index contributed by atoms with van der Waals surface area (Å²) in [5.74, 6) is -0.479. The summed E-state index contributed by atoms with van der Waals surface area (Å²) < 4.78 is 0. The van der Waals surface area contributed by atoms with Gasteiger partial charge in [0.15, 0.2) is 0 Å². The highest BCUT2D eigenvalue weighted by Crippen LogP contribution is 2.26. The van der Waals surface area contributed by atoms with Crippen LogP contribution in [0.15, 0.2) is 29.6 Å². The van der Waals surface area contributed by atoms with Crippen molar-refractivity contribution in [1.29, 1.82) is 0 Å². The molecule has 0 fully saturated rings. The van der Waals surface area contributed by atoms with Gasteiger partial charge in [0.1, 0.15) is 5.01 Å². The Bertz CT molecular complexity index is 672. The number of halogens is 1. The molecule has 7 heteroatoms. The van der Waals surface area contributed by atoms with Crippen LogP contribution in [0.25, 0.3) is 10.6 Å². The van der Waals surface area contributed by atoms with Crippen LogP contribution in [0.5, 0.6) is 0 Å². The van der Waals surface area contributed by atoms with Crippen molar-refractivity contribution in [2.75, 3.05) is 6.54 Å².